The van der Waals surface area contributed by atoms with Gasteiger partial charge in [0.05, 0.1) is 11.9 Å². The smallest absolute Gasteiger partial charge is 0.277 e. The maximum absolute atomic E-state index is 12.5. The standard InChI is InChI=1S/C19H19N5O2/c1-13-15(19(26)23(2)3)10-7-11-16(13)20-18(25)17-12-24(22-21-17)14-8-5-4-6-9-14/h4-12H,1-3H3,(H,20,25). The number of benzene rings is 2. The molecular weight excluding hydrogens is 330 g/mol. The molecular formula is C19H19N5O2. The second-order valence-corrected chi connectivity index (χ2v) is 6.02. The van der Waals surface area contributed by atoms with Crippen LogP contribution < -0.4 is 5.32 Å². The maximum atomic E-state index is 12.5. The van der Waals surface area contributed by atoms with Crippen molar-refractivity contribution in [1.29, 1.82) is 0 Å². The third-order valence-electron chi connectivity index (χ3n) is 3.97. The van der Waals surface area contributed by atoms with Gasteiger partial charge in [-0.3, -0.25) is 9.59 Å². The molecule has 0 saturated heterocycles. The number of amides is 2. The van der Waals surface area contributed by atoms with E-state index in [1.807, 2.05) is 30.3 Å². The number of carbonyl (C=O) groups is 2. The number of nitrogens with zero attached hydrogens (tertiary/aromatic N) is 4. The highest BCUT2D eigenvalue weighted by Crippen LogP contribution is 2.20. The Morgan fingerprint density at radius 3 is 2.46 bits per heavy atom. The molecule has 0 aliphatic carbocycles. The molecule has 2 amide bonds. The summed E-state index contributed by atoms with van der Waals surface area (Å²) >= 11 is 0. The third kappa shape index (κ3) is 3.46. The average Bonchev–Trinajstić information content (AvgIpc) is 3.14. The number of carbonyl (C=O) groups excluding carboxylic acids is 2. The Kier molecular flexibility index (Phi) is 4.79. The molecule has 0 unspecified atom stereocenters. The summed E-state index contributed by atoms with van der Waals surface area (Å²) in [7, 11) is 3.38. The van der Waals surface area contributed by atoms with Gasteiger partial charge in [0.25, 0.3) is 11.8 Å². The molecule has 0 aliphatic heterocycles. The van der Waals surface area contributed by atoms with Gasteiger partial charge in [0.15, 0.2) is 5.69 Å². The number of aromatic nitrogens is 3. The Morgan fingerprint density at radius 2 is 1.77 bits per heavy atom. The lowest BCUT2D eigenvalue weighted by Gasteiger charge is -2.15. The number of hydrogen-bond acceptors (Lipinski definition) is 4. The summed E-state index contributed by atoms with van der Waals surface area (Å²) in [6, 6.07) is 14.6. The van der Waals surface area contributed by atoms with E-state index in [9.17, 15) is 9.59 Å². The molecule has 0 bridgehead atoms. The first-order valence-electron chi connectivity index (χ1n) is 8.08. The second-order valence-electron chi connectivity index (χ2n) is 6.02. The molecule has 0 spiro atoms. The summed E-state index contributed by atoms with van der Waals surface area (Å²) in [6.45, 7) is 1.80. The van der Waals surface area contributed by atoms with Gasteiger partial charge in [-0.15, -0.1) is 5.10 Å². The van der Waals surface area contributed by atoms with E-state index in [-0.39, 0.29) is 17.5 Å². The van der Waals surface area contributed by atoms with E-state index in [1.165, 1.54) is 9.58 Å². The predicted molar refractivity (Wildman–Crippen MR) is 98.5 cm³/mol. The highest BCUT2D eigenvalue weighted by Gasteiger charge is 2.17. The summed E-state index contributed by atoms with van der Waals surface area (Å²) in [4.78, 5) is 26.2. The minimum Gasteiger partial charge on any atom is -0.345 e. The molecule has 1 N–H and O–H groups in total. The largest absolute Gasteiger partial charge is 0.345 e. The Bertz CT molecular complexity index is 948. The summed E-state index contributed by atoms with van der Waals surface area (Å²) in [5, 5.41) is 10.7. The molecule has 0 radical (unpaired) electrons. The van der Waals surface area contributed by atoms with Gasteiger partial charge in [0, 0.05) is 25.3 Å². The van der Waals surface area contributed by atoms with Crippen LogP contribution in [0.1, 0.15) is 26.4 Å². The van der Waals surface area contributed by atoms with Crippen molar-refractivity contribution in [2.45, 2.75) is 6.92 Å². The van der Waals surface area contributed by atoms with Gasteiger partial charge >= 0.3 is 0 Å². The summed E-state index contributed by atoms with van der Waals surface area (Å²) < 4.78 is 1.54. The van der Waals surface area contributed by atoms with Crippen LogP contribution in [0.15, 0.2) is 54.7 Å². The molecule has 0 aliphatic rings. The molecule has 0 atom stereocenters. The van der Waals surface area contributed by atoms with Gasteiger partial charge in [0.1, 0.15) is 0 Å². The van der Waals surface area contributed by atoms with E-state index in [0.717, 1.165) is 5.69 Å². The number of para-hydroxylation sites is 1. The molecule has 0 fully saturated rings. The van der Waals surface area contributed by atoms with Gasteiger partial charge in [-0.1, -0.05) is 29.5 Å². The zero-order valence-electron chi connectivity index (χ0n) is 14.8. The zero-order chi connectivity index (χ0) is 18.7. The maximum Gasteiger partial charge on any atom is 0.277 e. The van der Waals surface area contributed by atoms with Crippen molar-refractivity contribution in [3.8, 4) is 5.69 Å². The molecule has 7 nitrogen and oxygen atoms in total. The van der Waals surface area contributed by atoms with Crippen LogP contribution in [-0.4, -0.2) is 45.8 Å². The quantitative estimate of drug-likeness (QED) is 0.785. The number of hydrogen-bond donors (Lipinski definition) is 1. The van der Waals surface area contributed by atoms with E-state index in [0.29, 0.717) is 16.8 Å². The van der Waals surface area contributed by atoms with Crippen LogP contribution in [0.4, 0.5) is 5.69 Å². The highest BCUT2D eigenvalue weighted by atomic mass is 16.2. The Balaban J connectivity index is 1.82. The Hall–Kier alpha value is -3.48. The van der Waals surface area contributed by atoms with Crippen LogP contribution in [0, 0.1) is 6.92 Å². The van der Waals surface area contributed by atoms with Crippen LogP contribution in [0.3, 0.4) is 0 Å². The van der Waals surface area contributed by atoms with Crippen LogP contribution in [0.25, 0.3) is 5.69 Å². The molecule has 0 saturated carbocycles. The van der Waals surface area contributed by atoms with E-state index < -0.39 is 0 Å². The molecule has 7 heteroatoms. The SMILES string of the molecule is Cc1c(NC(=O)c2cn(-c3ccccc3)nn2)cccc1C(=O)N(C)C. The van der Waals surface area contributed by atoms with Crippen molar-refractivity contribution in [2.75, 3.05) is 19.4 Å². The van der Waals surface area contributed by atoms with Crippen molar-refractivity contribution in [3.63, 3.8) is 0 Å². The van der Waals surface area contributed by atoms with Gasteiger partial charge in [0.2, 0.25) is 0 Å². The monoisotopic (exact) mass is 349 g/mol. The lowest BCUT2D eigenvalue weighted by molar-refractivity contribution is 0.0826. The third-order valence-corrected chi connectivity index (χ3v) is 3.97. The molecule has 26 heavy (non-hydrogen) atoms. The lowest BCUT2D eigenvalue weighted by atomic mass is 10.1. The van der Waals surface area contributed by atoms with Gasteiger partial charge in [-0.2, -0.15) is 0 Å². The Labute approximate surface area is 151 Å². The zero-order valence-corrected chi connectivity index (χ0v) is 14.8. The Morgan fingerprint density at radius 1 is 1.04 bits per heavy atom. The van der Waals surface area contributed by atoms with E-state index in [4.69, 9.17) is 0 Å². The van der Waals surface area contributed by atoms with Crippen molar-refractivity contribution in [1.82, 2.24) is 19.9 Å². The fourth-order valence-electron chi connectivity index (χ4n) is 2.50. The normalized spacial score (nSPS) is 10.4. The minimum atomic E-state index is -0.385. The fraction of sp³-hybridized carbons (Fsp3) is 0.158. The number of anilines is 1. The van der Waals surface area contributed by atoms with E-state index >= 15 is 0 Å². The van der Waals surface area contributed by atoms with Crippen molar-refractivity contribution in [3.05, 3.63) is 71.5 Å². The van der Waals surface area contributed by atoms with E-state index in [1.54, 1.807) is 45.4 Å². The topological polar surface area (TPSA) is 80.1 Å². The van der Waals surface area contributed by atoms with Crippen LogP contribution >= 0.6 is 0 Å². The first-order valence-corrected chi connectivity index (χ1v) is 8.08. The number of rotatable bonds is 4. The predicted octanol–water partition coefficient (Wildman–Crippen LogP) is 2.53. The van der Waals surface area contributed by atoms with E-state index in [2.05, 4.69) is 15.6 Å². The molecule has 1 heterocycles. The minimum absolute atomic E-state index is 0.117. The fourth-order valence-corrected chi connectivity index (χ4v) is 2.50. The van der Waals surface area contributed by atoms with Crippen LogP contribution in [0.5, 0.6) is 0 Å². The van der Waals surface area contributed by atoms with Crippen molar-refractivity contribution in [2.24, 2.45) is 0 Å². The van der Waals surface area contributed by atoms with Crippen molar-refractivity contribution >= 4 is 17.5 Å². The second kappa shape index (κ2) is 7.18. The summed E-state index contributed by atoms with van der Waals surface area (Å²) in [5.74, 6) is -0.502. The molecule has 3 aromatic rings. The summed E-state index contributed by atoms with van der Waals surface area (Å²) in [6.07, 6.45) is 1.56. The molecule has 132 valence electrons. The molecule has 3 rings (SSSR count). The van der Waals surface area contributed by atoms with Gasteiger partial charge < -0.3 is 10.2 Å². The highest BCUT2D eigenvalue weighted by molar-refractivity contribution is 6.04. The van der Waals surface area contributed by atoms with Gasteiger partial charge in [-0.05, 0) is 36.8 Å². The average molecular weight is 349 g/mol. The number of nitrogens with one attached hydrogen (secondary N) is 1. The van der Waals surface area contributed by atoms with Crippen LogP contribution in [-0.2, 0) is 0 Å². The lowest BCUT2D eigenvalue weighted by Crippen LogP contribution is -2.23. The van der Waals surface area contributed by atoms with Gasteiger partial charge in [-0.25, -0.2) is 4.68 Å². The van der Waals surface area contributed by atoms with Crippen molar-refractivity contribution < 1.29 is 9.59 Å². The van der Waals surface area contributed by atoms with Crippen LogP contribution in [0.2, 0.25) is 0 Å². The summed E-state index contributed by atoms with van der Waals surface area (Å²) in [5.41, 5.74) is 2.82. The first kappa shape index (κ1) is 17.3. The molecule has 2 aromatic carbocycles. The first-order chi connectivity index (χ1) is 12.5. The molecule has 1 aromatic heterocycles.